The van der Waals surface area contributed by atoms with Gasteiger partial charge in [-0.15, -0.1) is 0 Å². The third-order valence-corrected chi connectivity index (χ3v) is 3.97. The van der Waals surface area contributed by atoms with Gasteiger partial charge < -0.3 is 14.8 Å². The van der Waals surface area contributed by atoms with E-state index in [-0.39, 0.29) is 23.2 Å². The van der Waals surface area contributed by atoms with Crippen LogP contribution in [0.2, 0.25) is 0 Å². The minimum atomic E-state index is -3.86. The van der Waals surface area contributed by atoms with E-state index >= 15 is 0 Å². The van der Waals surface area contributed by atoms with Crippen LogP contribution in [0.4, 0.5) is 0 Å². The van der Waals surface area contributed by atoms with E-state index in [2.05, 4.69) is 4.72 Å². The highest BCUT2D eigenvalue weighted by Gasteiger charge is 2.24. The van der Waals surface area contributed by atoms with Crippen molar-refractivity contribution in [3.63, 3.8) is 0 Å². The first-order valence-corrected chi connectivity index (χ1v) is 7.59. The zero-order valence-electron chi connectivity index (χ0n) is 11.9. The molecular weight excluding hydrogens is 284 g/mol. The topological polar surface area (TPSA) is 109 Å². The van der Waals surface area contributed by atoms with Crippen molar-refractivity contribution in [1.82, 2.24) is 9.29 Å². The molecule has 0 aromatic carbocycles. The van der Waals surface area contributed by atoms with Gasteiger partial charge in [0.2, 0.25) is 10.0 Å². The molecule has 1 heterocycles. The summed E-state index contributed by atoms with van der Waals surface area (Å²) in [5, 5.41) is 18.6. The predicted molar refractivity (Wildman–Crippen MR) is 73.3 cm³/mol. The van der Waals surface area contributed by atoms with Crippen LogP contribution in [0.3, 0.4) is 0 Å². The molecule has 114 valence electrons. The molecular formula is C12H20N2O5S. The van der Waals surface area contributed by atoms with Gasteiger partial charge in [-0.3, -0.25) is 0 Å². The van der Waals surface area contributed by atoms with Crippen molar-refractivity contribution in [3.05, 3.63) is 18.0 Å². The SMILES string of the molecule is CC(C)n1cc(S(=O)(=O)NCC(C)(C)O)cc1C(=O)O. The summed E-state index contributed by atoms with van der Waals surface area (Å²) < 4.78 is 27.7. The molecule has 0 saturated heterocycles. The van der Waals surface area contributed by atoms with Gasteiger partial charge in [0.25, 0.3) is 0 Å². The summed E-state index contributed by atoms with van der Waals surface area (Å²) in [5.41, 5.74) is -1.29. The number of aromatic carboxylic acids is 1. The molecule has 0 fully saturated rings. The molecule has 0 unspecified atom stereocenters. The molecule has 0 aliphatic carbocycles. The Morgan fingerprint density at radius 2 is 2.00 bits per heavy atom. The summed E-state index contributed by atoms with van der Waals surface area (Å²) in [4.78, 5) is 11.0. The third-order valence-electron chi connectivity index (χ3n) is 2.60. The average Bonchev–Trinajstić information content (AvgIpc) is 2.71. The molecule has 3 N–H and O–H groups in total. The van der Waals surface area contributed by atoms with E-state index < -0.39 is 21.6 Å². The maximum absolute atomic E-state index is 12.1. The van der Waals surface area contributed by atoms with Crippen LogP contribution in [0.5, 0.6) is 0 Å². The van der Waals surface area contributed by atoms with Crippen LogP contribution in [0, 0.1) is 0 Å². The largest absolute Gasteiger partial charge is 0.477 e. The van der Waals surface area contributed by atoms with Crippen molar-refractivity contribution in [3.8, 4) is 0 Å². The fourth-order valence-electron chi connectivity index (χ4n) is 1.55. The Kier molecular flexibility index (Phi) is 4.62. The number of hydrogen-bond donors (Lipinski definition) is 3. The summed E-state index contributed by atoms with van der Waals surface area (Å²) >= 11 is 0. The Morgan fingerprint density at radius 1 is 1.45 bits per heavy atom. The van der Waals surface area contributed by atoms with Crippen molar-refractivity contribution in [1.29, 1.82) is 0 Å². The van der Waals surface area contributed by atoms with Crippen molar-refractivity contribution in [2.75, 3.05) is 6.54 Å². The molecule has 20 heavy (non-hydrogen) atoms. The number of nitrogens with one attached hydrogen (secondary N) is 1. The van der Waals surface area contributed by atoms with Gasteiger partial charge in [0.1, 0.15) is 10.6 Å². The Morgan fingerprint density at radius 3 is 2.35 bits per heavy atom. The Labute approximate surface area is 118 Å². The summed E-state index contributed by atoms with van der Waals surface area (Å²) in [5.74, 6) is -1.19. The maximum atomic E-state index is 12.1. The normalized spacial score (nSPS) is 12.9. The van der Waals surface area contributed by atoms with E-state index in [0.29, 0.717) is 0 Å². The molecule has 0 spiro atoms. The van der Waals surface area contributed by atoms with Gasteiger partial charge in [-0.05, 0) is 33.8 Å². The quantitative estimate of drug-likeness (QED) is 0.721. The smallest absolute Gasteiger partial charge is 0.352 e. The molecule has 0 aliphatic heterocycles. The first kappa shape index (κ1) is 16.7. The zero-order valence-corrected chi connectivity index (χ0v) is 12.7. The van der Waals surface area contributed by atoms with Crippen LogP contribution in [0.15, 0.2) is 17.2 Å². The second-order valence-corrected chi connectivity index (χ2v) is 7.27. The maximum Gasteiger partial charge on any atom is 0.352 e. The molecule has 0 atom stereocenters. The zero-order chi connectivity index (χ0) is 15.7. The molecule has 0 amide bonds. The van der Waals surface area contributed by atoms with E-state index in [1.54, 1.807) is 13.8 Å². The Balaban J connectivity index is 3.14. The molecule has 8 heteroatoms. The van der Waals surface area contributed by atoms with Gasteiger partial charge in [-0.25, -0.2) is 17.9 Å². The first-order valence-electron chi connectivity index (χ1n) is 6.11. The highest BCUT2D eigenvalue weighted by Crippen LogP contribution is 2.19. The van der Waals surface area contributed by atoms with Crippen LogP contribution in [0.1, 0.15) is 44.2 Å². The Hall–Kier alpha value is -1.38. The van der Waals surface area contributed by atoms with Crippen LogP contribution in [-0.2, 0) is 10.0 Å². The standard InChI is InChI=1S/C12H20N2O5S/c1-8(2)14-6-9(5-10(14)11(15)16)20(18,19)13-7-12(3,4)17/h5-6,8,13,17H,7H2,1-4H3,(H,15,16). The average molecular weight is 304 g/mol. The summed E-state index contributed by atoms with van der Waals surface area (Å²) in [6, 6.07) is 0.925. The molecule has 0 radical (unpaired) electrons. The van der Waals surface area contributed by atoms with Crippen LogP contribution in [0.25, 0.3) is 0 Å². The van der Waals surface area contributed by atoms with Crippen LogP contribution < -0.4 is 4.72 Å². The number of nitrogens with zero attached hydrogens (tertiary/aromatic N) is 1. The van der Waals surface area contributed by atoms with Gasteiger partial charge in [0.05, 0.1) is 5.60 Å². The lowest BCUT2D eigenvalue weighted by Crippen LogP contribution is -2.38. The van der Waals surface area contributed by atoms with Crippen LogP contribution in [-0.4, -0.2) is 41.3 Å². The van der Waals surface area contributed by atoms with Crippen molar-refractivity contribution >= 4 is 16.0 Å². The minimum Gasteiger partial charge on any atom is -0.477 e. The number of aliphatic hydroxyl groups is 1. The van der Waals surface area contributed by atoms with Gasteiger partial charge in [0.15, 0.2) is 0 Å². The molecule has 7 nitrogen and oxygen atoms in total. The highest BCUT2D eigenvalue weighted by atomic mass is 32.2. The number of carbonyl (C=O) groups is 1. The number of sulfonamides is 1. The van der Waals surface area contributed by atoms with E-state index in [1.165, 1.54) is 24.6 Å². The monoisotopic (exact) mass is 304 g/mol. The fourth-order valence-corrected chi connectivity index (χ4v) is 2.78. The van der Waals surface area contributed by atoms with E-state index in [4.69, 9.17) is 5.11 Å². The van der Waals surface area contributed by atoms with Crippen molar-refractivity contribution in [2.24, 2.45) is 0 Å². The third kappa shape index (κ3) is 4.06. The molecule has 0 aliphatic rings. The van der Waals surface area contributed by atoms with Crippen molar-refractivity contribution < 1.29 is 23.4 Å². The van der Waals surface area contributed by atoms with Gasteiger partial charge in [-0.2, -0.15) is 0 Å². The number of hydrogen-bond acceptors (Lipinski definition) is 4. The van der Waals surface area contributed by atoms with E-state index in [0.717, 1.165) is 6.07 Å². The van der Waals surface area contributed by atoms with Gasteiger partial charge in [-0.1, -0.05) is 0 Å². The lowest BCUT2D eigenvalue weighted by Gasteiger charge is -2.17. The minimum absolute atomic E-state index is 0.0939. The Bertz CT molecular complexity index is 596. The predicted octanol–water partition coefficient (Wildman–Crippen LogP) is 0.816. The molecule has 1 aromatic heterocycles. The number of rotatable bonds is 6. The van der Waals surface area contributed by atoms with Gasteiger partial charge in [0, 0.05) is 18.8 Å². The number of aromatic nitrogens is 1. The van der Waals surface area contributed by atoms with E-state index in [9.17, 15) is 18.3 Å². The lowest BCUT2D eigenvalue weighted by molar-refractivity contribution is 0.0683. The first-order chi connectivity index (χ1) is 8.94. The van der Waals surface area contributed by atoms with Crippen molar-refractivity contribution in [2.45, 2.75) is 44.2 Å². The number of carboxylic acid groups (broad SMARTS) is 1. The second kappa shape index (κ2) is 5.55. The molecule has 1 aromatic rings. The molecule has 0 bridgehead atoms. The van der Waals surface area contributed by atoms with Crippen LogP contribution >= 0.6 is 0 Å². The van der Waals surface area contributed by atoms with Gasteiger partial charge >= 0.3 is 5.97 Å². The summed E-state index contributed by atoms with van der Waals surface area (Å²) in [6.45, 7) is 6.29. The fraction of sp³-hybridized carbons (Fsp3) is 0.583. The lowest BCUT2D eigenvalue weighted by atomic mass is 10.1. The highest BCUT2D eigenvalue weighted by molar-refractivity contribution is 7.89. The summed E-state index contributed by atoms with van der Waals surface area (Å²) in [7, 11) is -3.86. The molecule has 0 saturated carbocycles. The summed E-state index contributed by atoms with van der Waals surface area (Å²) in [6.07, 6.45) is 1.28. The molecule has 1 rings (SSSR count). The van der Waals surface area contributed by atoms with E-state index in [1.807, 2.05) is 0 Å². The second-order valence-electron chi connectivity index (χ2n) is 5.50. The number of carboxylic acids is 1.